The van der Waals surface area contributed by atoms with Gasteiger partial charge in [0, 0.05) is 5.56 Å². The summed E-state index contributed by atoms with van der Waals surface area (Å²) in [6.45, 7) is -2.08. The van der Waals surface area contributed by atoms with Gasteiger partial charge in [0.1, 0.15) is 4.90 Å². The zero-order chi connectivity index (χ0) is 14.1. The number of ether oxygens (including phenoxy) is 1. The van der Waals surface area contributed by atoms with Gasteiger partial charge in [-0.3, -0.25) is 10.1 Å². The van der Waals surface area contributed by atoms with Crippen molar-refractivity contribution in [3.63, 3.8) is 0 Å². The number of halogens is 2. The second kappa shape index (κ2) is 4.82. The summed E-state index contributed by atoms with van der Waals surface area (Å²) in [6, 6.07) is 1.41. The highest BCUT2D eigenvalue weighted by Crippen LogP contribution is 2.32. The first kappa shape index (κ1) is 14.3. The predicted molar refractivity (Wildman–Crippen MR) is 55.8 cm³/mol. The molecule has 0 aliphatic carbocycles. The SMILES string of the molecule is Cc1cc(S(N)(=O)=O)c(OC(F)F)cc1[N+](=O)[O-]. The Bertz CT molecular complexity index is 587. The number of nitrogens with two attached hydrogens (primary N) is 1. The molecule has 0 aromatic heterocycles. The molecule has 0 aliphatic heterocycles. The normalized spacial score (nSPS) is 11.6. The van der Waals surface area contributed by atoms with E-state index < -0.39 is 37.9 Å². The summed E-state index contributed by atoms with van der Waals surface area (Å²) in [5, 5.41) is 15.4. The third-order valence-corrected chi connectivity index (χ3v) is 2.91. The molecule has 0 radical (unpaired) electrons. The van der Waals surface area contributed by atoms with Crippen molar-refractivity contribution in [3.8, 4) is 5.75 Å². The van der Waals surface area contributed by atoms with E-state index in [9.17, 15) is 27.3 Å². The van der Waals surface area contributed by atoms with Gasteiger partial charge in [0.15, 0.2) is 5.75 Å². The Morgan fingerprint density at radius 1 is 1.44 bits per heavy atom. The van der Waals surface area contributed by atoms with Crippen LogP contribution in [0.2, 0.25) is 0 Å². The quantitative estimate of drug-likeness (QED) is 0.657. The van der Waals surface area contributed by atoms with Crippen LogP contribution in [-0.4, -0.2) is 20.0 Å². The number of primary sulfonamides is 1. The number of nitro groups is 1. The lowest BCUT2D eigenvalue weighted by Gasteiger charge is -2.10. The number of sulfonamides is 1. The Hall–Kier alpha value is -1.81. The summed E-state index contributed by atoms with van der Waals surface area (Å²) in [5.41, 5.74) is -0.580. The van der Waals surface area contributed by atoms with E-state index in [1.807, 2.05) is 0 Å². The number of benzene rings is 1. The number of alkyl halides is 2. The molecule has 0 spiro atoms. The van der Waals surface area contributed by atoms with E-state index in [0.717, 1.165) is 6.07 Å². The molecule has 1 rings (SSSR count). The van der Waals surface area contributed by atoms with Gasteiger partial charge in [-0.2, -0.15) is 8.78 Å². The number of nitrogens with zero attached hydrogens (tertiary/aromatic N) is 1. The van der Waals surface area contributed by atoms with Crippen molar-refractivity contribution in [3.05, 3.63) is 27.8 Å². The first-order valence-corrected chi connectivity index (χ1v) is 5.94. The van der Waals surface area contributed by atoms with E-state index in [1.54, 1.807) is 0 Å². The average molecular weight is 282 g/mol. The lowest BCUT2D eigenvalue weighted by molar-refractivity contribution is -0.385. The molecular formula is C8H8F2N2O5S. The molecule has 18 heavy (non-hydrogen) atoms. The number of nitro benzene ring substituents is 1. The van der Waals surface area contributed by atoms with Crippen LogP contribution in [0.25, 0.3) is 0 Å². The molecule has 0 heterocycles. The van der Waals surface area contributed by atoms with Crippen molar-refractivity contribution >= 4 is 15.7 Å². The van der Waals surface area contributed by atoms with Gasteiger partial charge in [-0.15, -0.1) is 0 Å². The summed E-state index contributed by atoms with van der Waals surface area (Å²) in [6.07, 6.45) is 0. The van der Waals surface area contributed by atoms with Gasteiger partial charge >= 0.3 is 6.61 Å². The number of aryl methyl sites for hydroxylation is 1. The van der Waals surface area contributed by atoms with Gasteiger partial charge < -0.3 is 4.74 Å². The molecular weight excluding hydrogens is 274 g/mol. The van der Waals surface area contributed by atoms with Crippen LogP contribution < -0.4 is 9.88 Å². The third-order valence-electron chi connectivity index (χ3n) is 1.98. The zero-order valence-corrected chi connectivity index (χ0v) is 9.78. The van der Waals surface area contributed by atoms with Crippen molar-refractivity contribution in [2.75, 3.05) is 0 Å². The van der Waals surface area contributed by atoms with Crippen LogP contribution in [0.3, 0.4) is 0 Å². The van der Waals surface area contributed by atoms with Crippen molar-refractivity contribution in [1.82, 2.24) is 0 Å². The molecule has 1 aromatic carbocycles. The summed E-state index contributed by atoms with van der Waals surface area (Å²) in [4.78, 5) is 9.03. The fourth-order valence-corrected chi connectivity index (χ4v) is 1.99. The van der Waals surface area contributed by atoms with E-state index in [2.05, 4.69) is 4.74 Å². The topological polar surface area (TPSA) is 113 Å². The van der Waals surface area contributed by atoms with Crippen molar-refractivity contribution in [2.45, 2.75) is 18.4 Å². The van der Waals surface area contributed by atoms with E-state index in [0.29, 0.717) is 6.07 Å². The highest BCUT2D eigenvalue weighted by atomic mass is 32.2. The Balaban J connectivity index is 3.52. The molecule has 0 saturated carbocycles. The minimum absolute atomic E-state index is 0.0364. The van der Waals surface area contributed by atoms with Crippen LogP contribution in [0.15, 0.2) is 17.0 Å². The van der Waals surface area contributed by atoms with Crippen LogP contribution in [0.4, 0.5) is 14.5 Å². The van der Waals surface area contributed by atoms with E-state index >= 15 is 0 Å². The molecule has 0 atom stereocenters. The minimum atomic E-state index is -4.32. The van der Waals surface area contributed by atoms with Crippen molar-refractivity contribution < 1.29 is 26.9 Å². The molecule has 1 aromatic rings. The Labute approximate surface area is 100 Å². The zero-order valence-electron chi connectivity index (χ0n) is 8.96. The van der Waals surface area contributed by atoms with Gasteiger partial charge in [0.05, 0.1) is 11.0 Å². The van der Waals surface area contributed by atoms with E-state index in [4.69, 9.17) is 5.14 Å². The van der Waals surface area contributed by atoms with Crippen LogP contribution in [0, 0.1) is 17.0 Å². The minimum Gasteiger partial charge on any atom is -0.433 e. The molecule has 2 N–H and O–H groups in total. The molecule has 0 amide bonds. The second-order valence-electron chi connectivity index (χ2n) is 3.27. The molecule has 0 aliphatic rings. The standard InChI is InChI=1S/C8H8F2N2O5S/c1-4-2-7(18(11,15)16)6(17-8(9)10)3-5(4)12(13)14/h2-3,8H,1H3,(H2,11,15,16). The number of hydrogen-bond donors (Lipinski definition) is 1. The lowest BCUT2D eigenvalue weighted by Crippen LogP contribution is -2.16. The third kappa shape index (κ3) is 3.11. The summed E-state index contributed by atoms with van der Waals surface area (Å²) >= 11 is 0. The summed E-state index contributed by atoms with van der Waals surface area (Å²) < 4.78 is 50.4. The maximum Gasteiger partial charge on any atom is 0.387 e. The number of rotatable bonds is 4. The Morgan fingerprint density at radius 3 is 2.39 bits per heavy atom. The monoisotopic (exact) mass is 282 g/mol. The highest BCUT2D eigenvalue weighted by molar-refractivity contribution is 7.89. The van der Waals surface area contributed by atoms with Crippen molar-refractivity contribution in [2.24, 2.45) is 5.14 Å². The Morgan fingerprint density at radius 2 is 2.00 bits per heavy atom. The van der Waals surface area contributed by atoms with Crippen molar-refractivity contribution in [1.29, 1.82) is 0 Å². The molecule has 0 unspecified atom stereocenters. The molecule has 0 bridgehead atoms. The smallest absolute Gasteiger partial charge is 0.387 e. The summed E-state index contributed by atoms with van der Waals surface area (Å²) in [7, 11) is -4.32. The van der Waals surface area contributed by atoms with E-state index in [-0.39, 0.29) is 5.56 Å². The predicted octanol–water partition coefficient (Wildman–Crippen LogP) is 1.15. The molecule has 0 fully saturated rings. The van der Waals surface area contributed by atoms with Crippen LogP contribution >= 0.6 is 0 Å². The first-order valence-electron chi connectivity index (χ1n) is 4.39. The number of hydrogen-bond acceptors (Lipinski definition) is 5. The molecule has 100 valence electrons. The highest BCUT2D eigenvalue weighted by Gasteiger charge is 2.24. The largest absolute Gasteiger partial charge is 0.433 e. The van der Waals surface area contributed by atoms with Crippen LogP contribution in [0.5, 0.6) is 5.75 Å². The molecule has 0 saturated heterocycles. The Kier molecular flexibility index (Phi) is 3.82. The fourth-order valence-electron chi connectivity index (χ4n) is 1.26. The van der Waals surface area contributed by atoms with Gasteiger partial charge in [0.25, 0.3) is 5.69 Å². The summed E-state index contributed by atoms with van der Waals surface area (Å²) in [5.74, 6) is -0.857. The lowest BCUT2D eigenvalue weighted by atomic mass is 10.2. The van der Waals surface area contributed by atoms with Crippen LogP contribution in [0.1, 0.15) is 5.56 Å². The average Bonchev–Trinajstić information content (AvgIpc) is 2.17. The van der Waals surface area contributed by atoms with E-state index in [1.165, 1.54) is 6.92 Å². The maximum absolute atomic E-state index is 12.1. The molecule has 7 nitrogen and oxygen atoms in total. The first-order chi connectivity index (χ1) is 8.12. The van der Waals surface area contributed by atoms with Gasteiger partial charge in [-0.1, -0.05) is 0 Å². The van der Waals surface area contributed by atoms with Gasteiger partial charge in [0.2, 0.25) is 10.0 Å². The fraction of sp³-hybridized carbons (Fsp3) is 0.250. The second-order valence-corrected chi connectivity index (χ2v) is 4.80. The maximum atomic E-state index is 12.1. The van der Waals surface area contributed by atoms with Gasteiger partial charge in [-0.25, -0.2) is 13.6 Å². The molecule has 10 heteroatoms. The van der Waals surface area contributed by atoms with Crippen LogP contribution in [-0.2, 0) is 10.0 Å². The van der Waals surface area contributed by atoms with Gasteiger partial charge in [-0.05, 0) is 13.0 Å².